The van der Waals surface area contributed by atoms with Crippen LogP contribution in [-0.2, 0) is 30.4 Å². The first kappa shape index (κ1) is 29.9. The molecule has 0 bridgehead atoms. The molecule has 0 aliphatic heterocycles. The van der Waals surface area contributed by atoms with E-state index in [0.29, 0.717) is 11.3 Å². The number of nitrogens with two attached hydrogens (primary N) is 1. The zero-order chi connectivity index (χ0) is 26.4. The topological polar surface area (TPSA) is 208 Å². The molecule has 1 aromatic carbocycles. The van der Waals surface area contributed by atoms with Crippen LogP contribution in [0.5, 0.6) is 0 Å². The van der Waals surface area contributed by atoms with Crippen molar-refractivity contribution in [3.8, 4) is 0 Å². The summed E-state index contributed by atoms with van der Waals surface area (Å²) in [7, 11) is 0. The number of benzene rings is 1. The van der Waals surface area contributed by atoms with Gasteiger partial charge in [-0.2, -0.15) is 11.8 Å². The molecule has 0 radical (unpaired) electrons. The number of nitrogens with one attached hydrogen (secondary N) is 3. The summed E-state index contributed by atoms with van der Waals surface area (Å²) in [6.45, 7) is -0.811. The number of thioether (sulfide) groups is 1. The number of hydrogen-bond acceptors (Lipinski definition) is 8. The van der Waals surface area contributed by atoms with Gasteiger partial charge in [0.15, 0.2) is 0 Å². The lowest BCUT2D eigenvalue weighted by Gasteiger charge is -2.24. The van der Waals surface area contributed by atoms with Crippen molar-refractivity contribution in [3.63, 3.8) is 0 Å². The largest absolute Gasteiger partial charge is 0.481 e. The van der Waals surface area contributed by atoms with Crippen molar-refractivity contribution in [3.05, 3.63) is 35.9 Å². The number of carbonyl (C=O) groups excluding carboxylic acids is 3. The van der Waals surface area contributed by atoms with Crippen LogP contribution in [0.2, 0.25) is 0 Å². The average molecular weight is 513 g/mol. The molecule has 35 heavy (non-hydrogen) atoms. The summed E-state index contributed by atoms with van der Waals surface area (Å²) in [5.41, 5.74) is 6.32. The Kier molecular flexibility index (Phi) is 13.4. The fourth-order valence-electron chi connectivity index (χ4n) is 2.98. The van der Waals surface area contributed by atoms with E-state index in [1.54, 1.807) is 36.6 Å². The van der Waals surface area contributed by atoms with E-state index in [1.807, 2.05) is 0 Å². The van der Waals surface area contributed by atoms with E-state index in [4.69, 9.17) is 10.8 Å². The quantitative estimate of drug-likeness (QED) is 0.139. The van der Waals surface area contributed by atoms with Gasteiger partial charge >= 0.3 is 11.9 Å². The van der Waals surface area contributed by atoms with E-state index in [1.165, 1.54) is 11.8 Å². The minimum absolute atomic E-state index is 0.0253. The summed E-state index contributed by atoms with van der Waals surface area (Å²) >= 11 is 1.42. The molecule has 8 N–H and O–H groups in total. The molecule has 0 aromatic heterocycles. The van der Waals surface area contributed by atoms with Crippen LogP contribution in [0.25, 0.3) is 0 Å². The molecule has 0 spiro atoms. The molecular weight excluding hydrogens is 480 g/mol. The third-order valence-corrected chi connectivity index (χ3v) is 5.61. The van der Waals surface area contributed by atoms with Gasteiger partial charge in [0.2, 0.25) is 17.7 Å². The number of rotatable bonds is 16. The summed E-state index contributed by atoms with van der Waals surface area (Å²) in [6.07, 6.45) is 1.48. The molecule has 4 atom stereocenters. The second-order valence-corrected chi connectivity index (χ2v) is 8.70. The SMILES string of the molecule is CSCCC(NC(=O)C(Cc1ccccc1)NC(=O)C(CO)NC(=O)C(N)CCC(=O)O)C(=O)O. The molecule has 0 aliphatic carbocycles. The van der Waals surface area contributed by atoms with Gasteiger partial charge in [0.1, 0.15) is 18.1 Å². The van der Waals surface area contributed by atoms with Crippen molar-refractivity contribution < 1.29 is 39.3 Å². The smallest absolute Gasteiger partial charge is 0.326 e. The Labute approximate surface area is 207 Å². The van der Waals surface area contributed by atoms with Gasteiger partial charge in [-0.15, -0.1) is 0 Å². The van der Waals surface area contributed by atoms with Crippen LogP contribution in [0.1, 0.15) is 24.8 Å². The van der Waals surface area contributed by atoms with Crippen molar-refractivity contribution in [2.45, 2.75) is 49.9 Å². The van der Waals surface area contributed by atoms with Gasteiger partial charge in [-0.1, -0.05) is 30.3 Å². The third kappa shape index (κ3) is 11.2. The van der Waals surface area contributed by atoms with Gasteiger partial charge < -0.3 is 37.0 Å². The van der Waals surface area contributed by atoms with Crippen LogP contribution < -0.4 is 21.7 Å². The highest BCUT2D eigenvalue weighted by molar-refractivity contribution is 7.98. The number of aliphatic hydroxyl groups is 1. The molecule has 0 saturated heterocycles. The molecule has 1 aromatic rings. The molecular formula is C22H32N4O8S. The van der Waals surface area contributed by atoms with Gasteiger partial charge in [0, 0.05) is 12.8 Å². The highest BCUT2D eigenvalue weighted by Crippen LogP contribution is 2.07. The highest BCUT2D eigenvalue weighted by atomic mass is 32.2. The van der Waals surface area contributed by atoms with E-state index in [2.05, 4.69) is 16.0 Å². The van der Waals surface area contributed by atoms with Crippen molar-refractivity contribution >= 4 is 41.4 Å². The van der Waals surface area contributed by atoms with Crippen molar-refractivity contribution in [2.24, 2.45) is 5.73 Å². The normalized spacial score (nSPS) is 14.1. The van der Waals surface area contributed by atoms with Gasteiger partial charge in [0.05, 0.1) is 12.6 Å². The molecule has 0 fully saturated rings. The number of amides is 3. The molecule has 12 nitrogen and oxygen atoms in total. The Morgan fingerprint density at radius 3 is 2.00 bits per heavy atom. The number of hydrogen-bond donors (Lipinski definition) is 7. The Morgan fingerprint density at radius 2 is 1.46 bits per heavy atom. The van der Waals surface area contributed by atoms with Crippen LogP contribution in [0, 0.1) is 0 Å². The maximum absolute atomic E-state index is 12.9. The van der Waals surface area contributed by atoms with Gasteiger partial charge in [0.25, 0.3) is 0 Å². The van der Waals surface area contributed by atoms with Crippen molar-refractivity contribution in [1.82, 2.24) is 16.0 Å². The fourth-order valence-corrected chi connectivity index (χ4v) is 3.45. The first-order valence-electron chi connectivity index (χ1n) is 10.8. The van der Waals surface area contributed by atoms with Gasteiger partial charge in [-0.05, 0) is 30.4 Å². The van der Waals surface area contributed by atoms with Crippen LogP contribution in [0.4, 0.5) is 0 Å². The first-order valence-corrected chi connectivity index (χ1v) is 12.2. The van der Waals surface area contributed by atoms with Crippen LogP contribution in [0.3, 0.4) is 0 Å². The fraction of sp³-hybridized carbons (Fsp3) is 0.500. The molecule has 0 saturated carbocycles. The number of carboxylic acid groups (broad SMARTS) is 2. The highest BCUT2D eigenvalue weighted by Gasteiger charge is 2.30. The Bertz CT molecular complexity index is 870. The molecule has 0 aliphatic rings. The van der Waals surface area contributed by atoms with Crippen LogP contribution in [-0.4, -0.2) is 87.8 Å². The monoisotopic (exact) mass is 512 g/mol. The number of aliphatic carboxylic acids is 2. The first-order chi connectivity index (χ1) is 16.6. The van der Waals surface area contributed by atoms with Crippen molar-refractivity contribution in [1.29, 1.82) is 0 Å². The Hall–Kier alpha value is -3.16. The second-order valence-electron chi connectivity index (χ2n) is 7.71. The van der Waals surface area contributed by atoms with Gasteiger partial charge in [-0.25, -0.2) is 4.79 Å². The average Bonchev–Trinajstić information content (AvgIpc) is 2.82. The molecule has 0 heterocycles. The predicted octanol–water partition coefficient (Wildman–Crippen LogP) is -1.29. The minimum Gasteiger partial charge on any atom is -0.481 e. The summed E-state index contributed by atoms with van der Waals surface area (Å²) < 4.78 is 0. The number of carboxylic acids is 2. The standard InChI is InChI=1S/C22H32N4O8S/c1-35-10-9-15(22(33)34)24-20(31)16(11-13-5-3-2-4-6-13)25-21(32)17(12-27)26-19(30)14(23)7-8-18(28)29/h2-6,14-17,27H,7-12,23H2,1H3,(H,24,31)(H,25,32)(H,26,30)(H,28,29)(H,33,34). The zero-order valence-corrected chi connectivity index (χ0v) is 20.1. The Balaban J connectivity index is 2.96. The maximum atomic E-state index is 12.9. The summed E-state index contributed by atoms with van der Waals surface area (Å²) in [5.74, 6) is -4.33. The maximum Gasteiger partial charge on any atom is 0.326 e. The summed E-state index contributed by atoms with van der Waals surface area (Å²) in [5, 5.41) is 34.9. The number of carbonyl (C=O) groups is 5. The third-order valence-electron chi connectivity index (χ3n) is 4.96. The van der Waals surface area contributed by atoms with Crippen LogP contribution in [0.15, 0.2) is 30.3 Å². The van der Waals surface area contributed by atoms with E-state index >= 15 is 0 Å². The van der Waals surface area contributed by atoms with Gasteiger partial charge in [-0.3, -0.25) is 19.2 Å². The number of aliphatic hydroxyl groups excluding tert-OH is 1. The molecule has 1 rings (SSSR count). The lowest BCUT2D eigenvalue weighted by Crippen LogP contribution is -2.58. The molecule has 13 heteroatoms. The van der Waals surface area contributed by atoms with E-state index in [-0.39, 0.29) is 25.7 Å². The lowest BCUT2D eigenvalue weighted by atomic mass is 10.0. The lowest BCUT2D eigenvalue weighted by molar-refractivity contribution is -0.142. The van der Waals surface area contributed by atoms with Crippen molar-refractivity contribution in [2.75, 3.05) is 18.6 Å². The molecule has 3 amide bonds. The second kappa shape index (κ2) is 15.7. The molecule has 194 valence electrons. The summed E-state index contributed by atoms with van der Waals surface area (Å²) in [6, 6.07) is 3.65. The van der Waals surface area contributed by atoms with E-state index < -0.39 is 60.4 Å². The zero-order valence-electron chi connectivity index (χ0n) is 19.3. The van der Waals surface area contributed by atoms with E-state index in [9.17, 15) is 34.2 Å². The summed E-state index contributed by atoms with van der Waals surface area (Å²) in [4.78, 5) is 60.1. The molecule has 4 unspecified atom stereocenters. The Morgan fingerprint density at radius 1 is 0.886 bits per heavy atom. The predicted molar refractivity (Wildman–Crippen MR) is 129 cm³/mol. The minimum atomic E-state index is -1.46. The van der Waals surface area contributed by atoms with Crippen LogP contribution >= 0.6 is 11.8 Å². The van der Waals surface area contributed by atoms with E-state index in [0.717, 1.165) is 0 Å².